The lowest BCUT2D eigenvalue weighted by atomic mass is 9.94. The molecule has 0 spiro atoms. The number of phenolic OH excluding ortho intramolecular Hbond substituents is 2. The van der Waals surface area contributed by atoms with Gasteiger partial charge in [0.25, 0.3) is 0 Å². The zero-order chi connectivity index (χ0) is 29.4. The van der Waals surface area contributed by atoms with Gasteiger partial charge in [0.15, 0.2) is 0 Å². The summed E-state index contributed by atoms with van der Waals surface area (Å²) in [6, 6.07) is 10.4. The van der Waals surface area contributed by atoms with Gasteiger partial charge in [0.05, 0.1) is 0 Å². The summed E-state index contributed by atoms with van der Waals surface area (Å²) >= 11 is 0. The van der Waals surface area contributed by atoms with Crippen molar-refractivity contribution in [1.29, 1.82) is 0 Å². The number of ether oxygens (including phenoxy) is 1. The van der Waals surface area contributed by atoms with E-state index in [9.17, 15) is 24.6 Å². The van der Waals surface area contributed by atoms with Crippen molar-refractivity contribution in [3.63, 3.8) is 0 Å². The standard InChI is InChI=1S/C30H43N3O6/c1-8-9-17-31-26(36)25(21-11-10-12-23(35)19-21)33(29(2,3)4)27(37)24(32-28(38)39-30(5,6)7)18-20-13-15-22(34)16-14-20/h10-16,19,24-25,34-35H,8-9,17-18H2,1-7H3,(H,31,36)(H,32,38). The maximum atomic E-state index is 14.4. The quantitative estimate of drug-likeness (QED) is 0.319. The molecular formula is C30H43N3O6. The molecule has 2 unspecified atom stereocenters. The number of nitrogens with zero attached hydrogens (tertiary/aromatic N) is 1. The molecule has 214 valence electrons. The second-order valence-corrected chi connectivity index (χ2v) is 11.6. The zero-order valence-electron chi connectivity index (χ0n) is 24.1. The molecule has 0 saturated carbocycles. The number of benzene rings is 2. The third-order valence-electron chi connectivity index (χ3n) is 5.85. The number of carbonyl (C=O) groups excluding carboxylic acids is 3. The van der Waals surface area contributed by atoms with Crippen molar-refractivity contribution < 1.29 is 29.3 Å². The molecule has 0 aliphatic heterocycles. The molecule has 0 saturated heterocycles. The first-order valence-corrected chi connectivity index (χ1v) is 13.3. The van der Waals surface area contributed by atoms with Crippen LogP contribution in [-0.4, -0.2) is 56.7 Å². The number of rotatable bonds is 10. The van der Waals surface area contributed by atoms with E-state index >= 15 is 0 Å². The molecule has 0 aromatic heterocycles. The lowest BCUT2D eigenvalue weighted by Gasteiger charge is -2.43. The fourth-order valence-electron chi connectivity index (χ4n) is 4.13. The van der Waals surface area contributed by atoms with Crippen LogP contribution in [0.3, 0.4) is 0 Å². The lowest BCUT2D eigenvalue weighted by molar-refractivity contribution is -0.148. The molecule has 3 amide bonds. The topological polar surface area (TPSA) is 128 Å². The molecule has 9 nitrogen and oxygen atoms in total. The van der Waals surface area contributed by atoms with E-state index in [0.29, 0.717) is 17.7 Å². The van der Waals surface area contributed by atoms with Crippen molar-refractivity contribution in [2.24, 2.45) is 0 Å². The molecule has 0 heterocycles. The molecule has 0 radical (unpaired) electrons. The number of hydrogen-bond acceptors (Lipinski definition) is 6. The SMILES string of the molecule is CCCCNC(=O)C(c1cccc(O)c1)N(C(=O)C(Cc1ccc(O)cc1)NC(=O)OC(C)(C)C)C(C)(C)C. The third-order valence-corrected chi connectivity index (χ3v) is 5.85. The predicted molar refractivity (Wildman–Crippen MR) is 150 cm³/mol. The Balaban J connectivity index is 2.58. The van der Waals surface area contributed by atoms with Crippen LogP contribution in [0, 0.1) is 0 Å². The smallest absolute Gasteiger partial charge is 0.408 e. The number of aromatic hydroxyl groups is 2. The van der Waals surface area contributed by atoms with Gasteiger partial charge in [-0.1, -0.05) is 37.6 Å². The van der Waals surface area contributed by atoms with Crippen LogP contribution in [0.15, 0.2) is 48.5 Å². The molecular weight excluding hydrogens is 498 g/mol. The van der Waals surface area contributed by atoms with Gasteiger partial charge >= 0.3 is 6.09 Å². The molecule has 0 bridgehead atoms. The van der Waals surface area contributed by atoms with Crippen LogP contribution >= 0.6 is 0 Å². The first kappa shape index (κ1) is 31.5. The van der Waals surface area contributed by atoms with Gasteiger partial charge in [-0.25, -0.2) is 4.79 Å². The fraction of sp³-hybridized carbons (Fsp3) is 0.500. The van der Waals surface area contributed by atoms with Crippen molar-refractivity contribution in [3.8, 4) is 11.5 Å². The summed E-state index contributed by atoms with van der Waals surface area (Å²) in [5.74, 6) is -0.850. The van der Waals surface area contributed by atoms with Crippen molar-refractivity contribution in [3.05, 3.63) is 59.7 Å². The molecule has 0 aliphatic carbocycles. The maximum absolute atomic E-state index is 14.4. The van der Waals surface area contributed by atoms with E-state index in [-0.39, 0.29) is 17.9 Å². The number of phenols is 2. The highest BCUT2D eigenvalue weighted by Gasteiger charge is 2.42. The van der Waals surface area contributed by atoms with Gasteiger partial charge in [0.1, 0.15) is 29.2 Å². The van der Waals surface area contributed by atoms with E-state index in [1.807, 2.05) is 27.7 Å². The Labute approximate surface area is 231 Å². The fourth-order valence-corrected chi connectivity index (χ4v) is 4.13. The Morgan fingerprint density at radius 3 is 2.13 bits per heavy atom. The van der Waals surface area contributed by atoms with Crippen molar-refractivity contribution in [2.45, 2.75) is 91.0 Å². The summed E-state index contributed by atoms with van der Waals surface area (Å²) in [4.78, 5) is 42.3. The molecule has 9 heteroatoms. The monoisotopic (exact) mass is 541 g/mol. The largest absolute Gasteiger partial charge is 0.508 e. The second kappa shape index (κ2) is 13.4. The Morgan fingerprint density at radius 1 is 0.949 bits per heavy atom. The number of carbonyl (C=O) groups is 3. The van der Waals surface area contributed by atoms with E-state index in [1.54, 1.807) is 45.0 Å². The van der Waals surface area contributed by atoms with Gasteiger partial charge in [0.2, 0.25) is 11.8 Å². The Kier molecular flexibility index (Phi) is 10.8. The maximum Gasteiger partial charge on any atom is 0.408 e. The van der Waals surface area contributed by atoms with Gasteiger partial charge < -0.3 is 30.5 Å². The Morgan fingerprint density at radius 2 is 1.59 bits per heavy atom. The van der Waals surface area contributed by atoms with Crippen LogP contribution in [0.25, 0.3) is 0 Å². The number of nitrogens with one attached hydrogen (secondary N) is 2. The molecule has 2 atom stereocenters. The van der Waals surface area contributed by atoms with Gasteiger partial charge in [-0.15, -0.1) is 0 Å². The van der Waals surface area contributed by atoms with Crippen LogP contribution in [0.4, 0.5) is 4.79 Å². The highest BCUT2D eigenvalue weighted by atomic mass is 16.6. The molecule has 0 fully saturated rings. The van der Waals surface area contributed by atoms with E-state index in [1.165, 1.54) is 29.2 Å². The normalized spacial score (nSPS) is 13.2. The first-order valence-electron chi connectivity index (χ1n) is 13.3. The van der Waals surface area contributed by atoms with E-state index in [0.717, 1.165) is 12.8 Å². The molecule has 2 rings (SSSR count). The van der Waals surface area contributed by atoms with Gasteiger partial charge in [-0.3, -0.25) is 9.59 Å². The molecule has 2 aromatic carbocycles. The van der Waals surface area contributed by atoms with Gasteiger partial charge in [-0.05, 0) is 83.4 Å². The average Bonchev–Trinajstić information content (AvgIpc) is 2.81. The summed E-state index contributed by atoms with van der Waals surface area (Å²) < 4.78 is 5.44. The highest BCUT2D eigenvalue weighted by molar-refractivity contribution is 5.93. The zero-order valence-corrected chi connectivity index (χ0v) is 24.1. The number of unbranched alkanes of at least 4 members (excludes halogenated alkanes) is 1. The van der Waals surface area contributed by atoms with E-state index in [2.05, 4.69) is 10.6 Å². The minimum absolute atomic E-state index is 0.0345. The average molecular weight is 542 g/mol. The van der Waals surface area contributed by atoms with Crippen molar-refractivity contribution >= 4 is 17.9 Å². The molecule has 4 N–H and O–H groups in total. The summed E-state index contributed by atoms with van der Waals surface area (Å²) in [5, 5.41) is 25.5. The number of alkyl carbamates (subject to hydrolysis) is 1. The minimum atomic E-state index is -1.09. The van der Waals surface area contributed by atoms with Crippen LogP contribution in [0.1, 0.15) is 78.5 Å². The summed E-state index contributed by atoms with van der Waals surface area (Å²) in [6.45, 7) is 13.1. The summed E-state index contributed by atoms with van der Waals surface area (Å²) in [7, 11) is 0. The molecule has 39 heavy (non-hydrogen) atoms. The van der Waals surface area contributed by atoms with Crippen LogP contribution in [0.2, 0.25) is 0 Å². The summed E-state index contributed by atoms with van der Waals surface area (Å²) in [5.41, 5.74) is -0.522. The lowest BCUT2D eigenvalue weighted by Crippen LogP contribution is -2.59. The van der Waals surface area contributed by atoms with E-state index in [4.69, 9.17) is 4.74 Å². The minimum Gasteiger partial charge on any atom is -0.508 e. The molecule has 2 aromatic rings. The number of hydrogen-bond donors (Lipinski definition) is 4. The summed E-state index contributed by atoms with van der Waals surface area (Å²) in [6.07, 6.45) is 0.976. The van der Waals surface area contributed by atoms with Gasteiger partial charge in [-0.2, -0.15) is 0 Å². The Bertz CT molecular complexity index is 1120. The highest BCUT2D eigenvalue weighted by Crippen LogP contribution is 2.32. The number of amides is 3. The van der Waals surface area contributed by atoms with E-state index < -0.39 is 41.1 Å². The first-order chi connectivity index (χ1) is 18.1. The van der Waals surface area contributed by atoms with Crippen molar-refractivity contribution in [2.75, 3.05) is 6.54 Å². The van der Waals surface area contributed by atoms with Crippen molar-refractivity contribution in [1.82, 2.24) is 15.5 Å². The van der Waals surface area contributed by atoms with Crippen LogP contribution in [-0.2, 0) is 20.7 Å². The predicted octanol–water partition coefficient (Wildman–Crippen LogP) is 4.82. The van der Waals surface area contributed by atoms with Crippen LogP contribution < -0.4 is 10.6 Å². The van der Waals surface area contributed by atoms with Gasteiger partial charge in [0, 0.05) is 18.5 Å². The molecule has 0 aliphatic rings. The second-order valence-electron chi connectivity index (χ2n) is 11.6. The van der Waals surface area contributed by atoms with Crippen LogP contribution in [0.5, 0.6) is 11.5 Å². The third kappa shape index (κ3) is 9.81. The Hall–Kier alpha value is -3.75.